The van der Waals surface area contributed by atoms with E-state index < -0.39 is 0 Å². The fourth-order valence-electron chi connectivity index (χ4n) is 1.52. The third kappa shape index (κ3) is 2.25. The van der Waals surface area contributed by atoms with Crippen molar-refractivity contribution in [3.8, 4) is 5.75 Å². The number of aryl methyl sites for hydroxylation is 1. The Balaban J connectivity index is 2.53. The smallest absolute Gasteiger partial charge is 0.140 e. The van der Waals surface area contributed by atoms with Gasteiger partial charge in [-0.3, -0.25) is 0 Å². The van der Waals surface area contributed by atoms with Crippen LogP contribution in [0.5, 0.6) is 5.75 Å². The minimum absolute atomic E-state index is 0.141. The molecule has 2 rings (SSSR count). The predicted octanol–water partition coefficient (Wildman–Crippen LogP) is 3.38. The van der Waals surface area contributed by atoms with Crippen molar-refractivity contribution < 1.29 is 4.74 Å². The van der Waals surface area contributed by atoms with E-state index in [9.17, 15) is 0 Å². The predicted molar refractivity (Wildman–Crippen MR) is 65.0 cm³/mol. The summed E-state index contributed by atoms with van der Waals surface area (Å²) in [6.45, 7) is 5.79. The van der Waals surface area contributed by atoms with Gasteiger partial charge in [0, 0.05) is 5.39 Å². The summed E-state index contributed by atoms with van der Waals surface area (Å²) in [5.41, 5.74) is 0.841. The lowest BCUT2D eigenvalue weighted by Crippen LogP contribution is -2.05. The molecule has 1 heterocycles. The van der Waals surface area contributed by atoms with Crippen molar-refractivity contribution in [1.29, 1.82) is 0 Å². The molecule has 16 heavy (non-hydrogen) atoms. The van der Waals surface area contributed by atoms with E-state index in [2.05, 4.69) is 9.97 Å². The number of rotatable bonds is 2. The molecule has 0 amide bonds. The first-order valence-corrected chi connectivity index (χ1v) is 5.54. The normalized spacial score (nSPS) is 11.1. The van der Waals surface area contributed by atoms with E-state index in [1.165, 1.54) is 0 Å². The zero-order valence-electron chi connectivity index (χ0n) is 9.49. The number of halogens is 1. The molecule has 0 N–H and O–H groups in total. The fourth-order valence-corrected chi connectivity index (χ4v) is 1.80. The monoisotopic (exact) mass is 236 g/mol. The van der Waals surface area contributed by atoms with Crippen LogP contribution in [-0.2, 0) is 0 Å². The summed E-state index contributed by atoms with van der Waals surface area (Å²) in [4.78, 5) is 8.43. The van der Waals surface area contributed by atoms with Crippen LogP contribution in [0.3, 0.4) is 0 Å². The third-order valence-electron chi connectivity index (χ3n) is 2.10. The van der Waals surface area contributed by atoms with Gasteiger partial charge < -0.3 is 4.74 Å². The van der Waals surface area contributed by atoms with Crippen LogP contribution < -0.4 is 4.74 Å². The maximum Gasteiger partial charge on any atom is 0.140 e. The largest absolute Gasteiger partial charge is 0.491 e. The van der Waals surface area contributed by atoms with Crippen LogP contribution in [0.2, 0.25) is 5.15 Å². The van der Waals surface area contributed by atoms with Crippen molar-refractivity contribution in [2.24, 2.45) is 0 Å². The van der Waals surface area contributed by atoms with E-state index >= 15 is 0 Å². The van der Waals surface area contributed by atoms with E-state index in [0.29, 0.717) is 11.0 Å². The van der Waals surface area contributed by atoms with Gasteiger partial charge >= 0.3 is 0 Å². The van der Waals surface area contributed by atoms with Gasteiger partial charge in [0.15, 0.2) is 0 Å². The third-order valence-corrected chi connectivity index (χ3v) is 2.39. The molecule has 0 aliphatic carbocycles. The topological polar surface area (TPSA) is 35.0 Å². The number of ether oxygens (including phenoxy) is 1. The second-order valence-electron chi connectivity index (χ2n) is 3.91. The molecule has 0 aliphatic heterocycles. The van der Waals surface area contributed by atoms with Gasteiger partial charge in [0.2, 0.25) is 0 Å². The molecule has 0 fully saturated rings. The van der Waals surface area contributed by atoms with Crippen molar-refractivity contribution in [3.05, 3.63) is 29.2 Å². The summed E-state index contributed by atoms with van der Waals surface area (Å²) in [6, 6.07) is 5.66. The lowest BCUT2D eigenvalue weighted by atomic mass is 10.2. The molecule has 0 unspecified atom stereocenters. The van der Waals surface area contributed by atoms with Crippen molar-refractivity contribution in [2.45, 2.75) is 26.9 Å². The van der Waals surface area contributed by atoms with Crippen molar-refractivity contribution in [1.82, 2.24) is 9.97 Å². The number of hydrogen-bond acceptors (Lipinski definition) is 3. The Labute approximate surface area is 99.4 Å². The quantitative estimate of drug-likeness (QED) is 0.750. The first kappa shape index (κ1) is 11.1. The standard InChI is InChI=1S/C12H13ClN2O/c1-7(2)16-9-4-5-11-10(6-9)12(13)15-8(3)14-11/h4-7H,1-3H3. The van der Waals surface area contributed by atoms with Crippen molar-refractivity contribution in [3.63, 3.8) is 0 Å². The molecule has 0 spiro atoms. The minimum Gasteiger partial charge on any atom is -0.491 e. The molecule has 0 saturated heterocycles. The van der Waals surface area contributed by atoms with E-state index in [1.54, 1.807) is 0 Å². The Kier molecular flexibility index (Phi) is 2.97. The number of fused-ring (bicyclic) bond motifs is 1. The van der Waals surface area contributed by atoms with Gasteiger partial charge in [-0.25, -0.2) is 9.97 Å². The number of hydrogen-bond donors (Lipinski definition) is 0. The van der Waals surface area contributed by atoms with Gasteiger partial charge in [-0.2, -0.15) is 0 Å². The molecule has 1 aromatic heterocycles. The Bertz CT molecular complexity index is 526. The lowest BCUT2D eigenvalue weighted by molar-refractivity contribution is 0.243. The fraction of sp³-hybridized carbons (Fsp3) is 0.333. The van der Waals surface area contributed by atoms with Crippen molar-refractivity contribution in [2.75, 3.05) is 0 Å². The van der Waals surface area contributed by atoms with Crippen molar-refractivity contribution >= 4 is 22.5 Å². The van der Waals surface area contributed by atoms with E-state index in [-0.39, 0.29) is 6.10 Å². The van der Waals surface area contributed by atoms with Gasteiger partial charge in [0.25, 0.3) is 0 Å². The van der Waals surface area contributed by atoms with Crippen LogP contribution in [0.1, 0.15) is 19.7 Å². The highest BCUT2D eigenvalue weighted by molar-refractivity contribution is 6.34. The van der Waals surface area contributed by atoms with Gasteiger partial charge in [-0.1, -0.05) is 11.6 Å². The van der Waals surface area contributed by atoms with Gasteiger partial charge in [-0.05, 0) is 39.0 Å². The Hall–Kier alpha value is -1.35. The molecule has 2 aromatic rings. The molecule has 0 atom stereocenters. The summed E-state index contributed by atoms with van der Waals surface area (Å²) in [5, 5.41) is 1.29. The zero-order chi connectivity index (χ0) is 11.7. The number of benzene rings is 1. The molecule has 0 saturated carbocycles. The molecule has 0 bridgehead atoms. The molecule has 84 valence electrons. The van der Waals surface area contributed by atoms with Gasteiger partial charge in [-0.15, -0.1) is 0 Å². The zero-order valence-corrected chi connectivity index (χ0v) is 10.2. The average Bonchev–Trinajstić information content (AvgIpc) is 2.18. The van der Waals surface area contributed by atoms with Crippen LogP contribution >= 0.6 is 11.6 Å². The molecule has 4 heteroatoms. The lowest BCUT2D eigenvalue weighted by Gasteiger charge is -2.10. The maximum absolute atomic E-state index is 6.06. The molecule has 0 radical (unpaired) electrons. The van der Waals surface area contributed by atoms with Crippen LogP contribution in [0.25, 0.3) is 10.9 Å². The molecule has 1 aromatic carbocycles. The Morgan fingerprint density at radius 3 is 2.69 bits per heavy atom. The number of aromatic nitrogens is 2. The average molecular weight is 237 g/mol. The van der Waals surface area contributed by atoms with Gasteiger partial charge in [0.1, 0.15) is 16.7 Å². The van der Waals surface area contributed by atoms with Crippen LogP contribution in [0.4, 0.5) is 0 Å². The Morgan fingerprint density at radius 1 is 1.25 bits per heavy atom. The summed E-state index contributed by atoms with van der Waals surface area (Å²) in [5.74, 6) is 1.46. The summed E-state index contributed by atoms with van der Waals surface area (Å²) >= 11 is 6.06. The minimum atomic E-state index is 0.141. The highest BCUT2D eigenvalue weighted by Crippen LogP contribution is 2.25. The van der Waals surface area contributed by atoms with E-state index in [1.807, 2.05) is 39.0 Å². The van der Waals surface area contributed by atoms with E-state index in [0.717, 1.165) is 16.7 Å². The second kappa shape index (κ2) is 4.26. The highest BCUT2D eigenvalue weighted by atomic mass is 35.5. The van der Waals surface area contributed by atoms with Crippen LogP contribution in [0, 0.1) is 6.92 Å². The first-order chi connectivity index (χ1) is 7.56. The SMILES string of the molecule is Cc1nc(Cl)c2cc(OC(C)C)ccc2n1. The maximum atomic E-state index is 6.06. The van der Waals surface area contributed by atoms with Crippen LogP contribution in [0.15, 0.2) is 18.2 Å². The molecular weight excluding hydrogens is 224 g/mol. The summed E-state index contributed by atoms with van der Waals surface area (Å²) < 4.78 is 5.59. The molecule has 3 nitrogen and oxygen atoms in total. The summed E-state index contributed by atoms with van der Waals surface area (Å²) in [7, 11) is 0. The van der Waals surface area contributed by atoms with Crippen LogP contribution in [-0.4, -0.2) is 16.1 Å². The molecular formula is C12H13ClN2O. The van der Waals surface area contributed by atoms with E-state index in [4.69, 9.17) is 16.3 Å². The number of nitrogens with zero attached hydrogens (tertiary/aromatic N) is 2. The summed E-state index contributed by atoms with van der Waals surface area (Å²) in [6.07, 6.45) is 0.141. The highest BCUT2D eigenvalue weighted by Gasteiger charge is 2.06. The Morgan fingerprint density at radius 2 is 2.00 bits per heavy atom. The molecule has 0 aliphatic rings. The second-order valence-corrected chi connectivity index (χ2v) is 4.27. The van der Waals surface area contributed by atoms with Gasteiger partial charge in [0.05, 0.1) is 11.6 Å². The first-order valence-electron chi connectivity index (χ1n) is 5.17.